The third kappa shape index (κ3) is 3.13. The Morgan fingerprint density at radius 1 is 0.562 bits per heavy atom. The lowest BCUT2D eigenvalue weighted by Gasteiger charge is -2.09. The van der Waals surface area contributed by atoms with Crippen LogP contribution in [0.2, 0.25) is 0 Å². The minimum absolute atomic E-state index is 0.632. The van der Waals surface area contributed by atoms with Crippen LogP contribution in [0.3, 0.4) is 0 Å². The van der Waals surface area contributed by atoms with Crippen LogP contribution in [0.1, 0.15) is 5.56 Å². The van der Waals surface area contributed by atoms with Gasteiger partial charge in [-0.05, 0) is 25.1 Å². The van der Waals surface area contributed by atoms with Crippen LogP contribution in [0.25, 0.3) is 56.1 Å². The average molecular weight is 413 g/mol. The third-order valence-corrected chi connectivity index (χ3v) is 5.59. The monoisotopic (exact) mass is 413 g/mol. The second-order valence-corrected chi connectivity index (χ2v) is 7.82. The molecule has 0 aliphatic carbocycles. The first-order chi connectivity index (χ1) is 15.8. The number of nitrogens with zero attached hydrogens (tertiary/aromatic N) is 3. The molecule has 2 heterocycles. The van der Waals surface area contributed by atoms with Gasteiger partial charge in [-0.2, -0.15) is 0 Å². The van der Waals surface area contributed by atoms with E-state index in [9.17, 15) is 0 Å². The number of rotatable bonds is 3. The van der Waals surface area contributed by atoms with Crippen molar-refractivity contribution in [1.29, 1.82) is 0 Å². The molecule has 4 aromatic carbocycles. The maximum Gasteiger partial charge on any atom is 0.164 e. The van der Waals surface area contributed by atoms with Gasteiger partial charge >= 0.3 is 0 Å². The summed E-state index contributed by atoms with van der Waals surface area (Å²) in [7, 11) is 0. The van der Waals surface area contributed by atoms with Crippen molar-refractivity contribution in [3.05, 3.63) is 103 Å². The van der Waals surface area contributed by atoms with Gasteiger partial charge in [0, 0.05) is 27.5 Å². The highest BCUT2D eigenvalue weighted by atomic mass is 16.3. The molecule has 0 fully saturated rings. The van der Waals surface area contributed by atoms with Crippen LogP contribution >= 0.6 is 0 Å². The van der Waals surface area contributed by atoms with Crippen molar-refractivity contribution in [3.63, 3.8) is 0 Å². The molecular formula is C28H19N3O. The molecule has 0 N–H and O–H groups in total. The number of para-hydroxylation sites is 1. The Kier molecular flexibility index (Phi) is 4.29. The van der Waals surface area contributed by atoms with Gasteiger partial charge in [-0.15, -0.1) is 0 Å². The maximum atomic E-state index is 6.09. The van der Waals surface area contributed by atoms with Crippen LogP contribution in [0.15, 0.2) is 101 Å². The van der Waals surface area contributed by atoms with Crippen LogP contribution < -0.4 is 0 Å². The zero-order chi connectivity index (χ0) is 21.5. The molecule has 2 aromatic heterocycles. The van der Waals surface area contributed by atoms with Crippen molar-refractivity contribution in [3.8, 4) is 34.2 Å². The van der Waals surface area contributed by atoms with Crippen LogP contribution in [-0.4, -0.2) is 15.0 Å². The molecule has 0 radical (unpaired) electrons. The molecule has 0 spiro atoms. The normalized spacial score (nSPS) is 11.3. The first-order valence-electron chi connectivity index (χ1n) is 10.6. The van der Waals surface area contributed by atoms with Crippen molar-refractivity contribution in [1.82, 2.24) is 15.0 Å². The van der Waals surface area contributed by atoms with E-state index in [-0.39, 0.29) is 0 Å². The molecule has 6 rings (SSSR count). The van der Waals surface area contributed by atoms with Gasteiger partial charge in [0.05, 0.1) is 0 Å². The summed E-state index contributed by atoms with van der Waals surface area (Å²) in [5, 5.41) is 2.07. The lowest BCUT2D eigenvalue weighted by Crippen LogP contribution is -2.00. The molecule has 4 heteroatoms. The molecule has 0 amide bonds. The Bertz CT molecular complexity index is 1590. The van der Waals surface area contributed by atoms with Gasteiger partial charge in [-0.1, -0.05) is 84.4 Å². The molecule has 0 saturated carbocycles. The molecule has 4 nitrogen and oxygen atoms in total. The van der Waals surface area contributed by atoms with Gasteiger partial charge in [-0.3, -0.25) is 0 Å². The summed E-state index contributed by atoms with van der Waals surface area (Å²) in [6.07, 6.45) is 0. The molecule has 32 heavy (non-hydrogen) atoms. The lowest BCUT2D eigenvalue weighted by molar-refractivity contribution is 0.669. The fraction of sp³-hybridized carbons (Fsp3) is 0.0357. The smallest absolute Gasteiger partial charge is 0.164 e. The summed E-state index contributed by atoms with van der Waals surface area (Å²) in [4.78, 5) is 14.6. The van der Waals surface area contributed by atoms with Crippen molar-refractivity contribution in [2.24, 2.45) is 0 Å². The van der Waals surface area contributed by atoms with E-state index in [1.54, 1.807) is 0 Å². The van der Waals surface area contributed by atoms with E-state index in [2.05, 4.69) is 31.2 Å². The van der Waals surface area contributed by atoms with Gasteiger partial charge in [0.15, 0.2) is 17.5 Å². The summed E-state index contributed by atoms with van der Waals surface area (Å²) in [5.74, 6) is 1.94. The number of furan rings is 1. The summed E-state index contributed by atoms with van der Waals surface area (Å²) >= 11 is 0. The third-order valence-electron chi connectivity index (χ3n) is 5.59. The van der Waals surface area contributed by atoms with Gasteiger partial charge in [0.25, 0.3) is 0 Å². The van der Waals surface area contributed by atoms with Crippen LogP contribution in [0, 0.1) is 6.92 Å². The first-order valence-corrected chi connectivity index (χ1v) is 10.6. The van der Waals surface area contributed by atoms with E-state index < -0.39 is 0 Å². The van der Waals surface area contributed by atoms with Crippen molar-refractivity contribution < 1.29 is 4.42 Å². The molecule has 0 bridgehead atoms. The zero-order valence-electron chi connectivity index (χ0n) is 17.5. The summed E-state index contributed by atoms with van der Waals surface area (Å²) in [6.45, 7) is 2.07. The van der Waals surface area contributed by atoms with E-state index in [0.29, 0.717) is 17.5 Å². The average Bonchev–Trinajstić information content (AvgIpc) is 3.23. The van der Waals surface area contributed by atoms with Crippen LogP contribution in [0.4, 0.5) is 0 Å². The van der Waals surface area contributed by atoms with Gasteiger partial charge in [0.2, 0.25) is 0 Å². The molecule has 0 saturated heterocycles. The lowest BCUT2D eigenvalue weighted by atomic mass is 10.1. The van der Waals surface area contributed by atoms with Crippen molar-refractivity contribution in [2.75, 3.05) is 0 Å². The Labute approximate surface area is 185 Å². The SMILES string of the molecule is Cc1cccc(-c2nc(-c3ccccc3)nc(-c3cccc4oc5ccccc5c34)n2)c1. The van der Waals surface area contributed by atoms with Crippen LogP contribution in [0.5, 0.6) is 0 Å². The minimum Gasteiger partial charge on any atom is -0.456 e. The number of aryl methyl sites for hydroxylation is 1. The van der Waals surface area contributed by atoms with Crippen molar-refractivity contribution >= 4 is 21.9 Å². The zero-order valence-corrected chi connectivity index (χ0v) is 17.5. The molecule has 0 aliphatic rings. The highest BCUT2D eigenvalue weighted by Gasteiger charge is 2.17. The number of aromatic nitrogens is 3. The highest BCUT2D eigenvalue weighted by Crippen LogP contribution is 2.36. The minimum atomic E-state index is 0.632. The van der Waals surface area contributed by atoms with Crippen molar-refractivity contribution in [2.45, 2.75) is 6.92 Å². The number of fused-ring (bicyclic) bond motifs is 3. The summed E-state index contributed by atoms with van der Waals surface area (Å²) in [5.41, 5.74) is 5.69. The molecule has 6 aromatic rings. The second-order valence-electron chi connectivity index (χ2n) is 7.82. The van der Waals surface area contributed by atoms with E-state index in [0.717, 1.165) is 44.2 Å². The Balaban J connectivity index is 1.65. The Morgan fingerprint density at radius 2 is 1.22 bits per heavy atom. The molecule has 0 unspecified atom stereocenters. The van der Waals surface area contributed by atoms with E-state index >= 15 is 0 Å². The maximum absolute atomic E-state index is 6.09. The van der Waals surface area contributed by atoms with Gasteiger partial charge < -0.3 is 4.42 Å². The van der Waals surface area contributed by atoms with Gasteiger partial charge in [0.1, 0.15) is 11.2 Å². The number of hydrogen-bond donors (Lipinski definition) is 0. The van der Waals surface area contributed by atoms with Crippen LogP contribution in [-0.2, 0) is 0 Å². The number of benzene rings is 4. The predicted octanol–water partition coefficient (Wildman–Crippen LogP) is 7.08. The quantitative estimate of drug-likeness (QED) is 0.311. The summed E-state index contributed by atoms with van der Waals surface area (Å²) in [6, 6.07) is 32.3. The molecular weight excluding hydrogens is 394 g/mol. The standard InChI is InChI=1S/C28H19N3O/c1-18-9-7-12-20(17-18)27-29-26(19-10-3-2-4-11-19)30-28(31-27)22-14-8-16-24-25(22)21-13-5-6-15-23(21)32-24/h2-17H,1H3. The summed E-state index contributed by atoms with van der Waals surface area (Å²) < 4.78 is 6.09. The Morgan fingerprint density at radius 3 is 2.06 bits per heavy atom. The first kappa shape index (κ1) is 18.5. The van der Waals surface area contributed by atoms with E-state index in [1.807, 2.05) is 72.8 Å². The predicted molar refractivity (Wildman–Crippen MR) is 128 cm³/mol. The molecule has 152 valence electrons. The largest absolute Gasteiger partial charge is 0.456 e. The fourth-order valence-corrected chi connectivity index (χ4v) is 4.09. The van der Waals surface area contributed by atoms with E-state index in [4.69, 9.17) is 19.4 Å². The van der Waals surface area contributed by atoms with Gasteiger partial charge in [-0.25, -0.2) is 15.0 Å². The topological polar surface area (TPSA) is 51.8 Å². The Hall–Kier alpha value is -4.31. The highest BCUT2D eigenvalue weighted by molar-refractivity contribution is 6.11. The molecule has 0 aliphatic heterocycles. The molecule has 0 atom stereocenters. The second kappa shape index (κ2) is 7.43. The van der Waals surface area contributed by atoms with E-state index in [1.165, 1.54) is 0 Å². The number of hydrogen-bond acceptors (Lipinski definition) is 4. The fourth-order valence-electron chi connectivity index (χ4n) is 4.09.